The van der Waals surface area contributed by atoms with Crippen LogP contribution < -0.4 is 0 Å². The van der Waals surface area contributed by atoms with Crippen LogP contribution in [0.25, 0.3) is 0 Å². The smallest absolute Gasteiger partial charge is 0.111 e. The van der Waals surface area contributed by atoms with Gasteiger partial charge in [0, 0.05) is 0 Å². The molecule has 0 bridgehead atoms. The van der Waals surface area contributed by atoms with Gasteiger partial charge in [0.2, 0.25) is 0 Å². The standard InChI is InChI=1S/C20H27NO.ClH/c1-4-19(21(5-2)6-3)22-20(17-13-9-7-10-14-17)18-15-11-8-12-16-18;/h7-16,19-20H,4-6H2,1-3H3;1H. The molecule has 1 atom stereocenters. The second-order valence-electron chi connectivity index (χ2n) is 5.42. The van der Waals surface area contributed by atoms with Gasteiger partial charge in [-0.2, -0.15) is 0 Å². The first-order chi connectivity index (χ1) is 10.8. The maximum atomic E-state index is 6.54. The fraction of sp³-hybridized carbons (Fsp3) is 0.400. The van der Waals surface area contributed by atoms with Crippen molar-refractivity contribution in [2.24, 2.45) is 0 Å². The van der Waals surface area contributed by atoms with Crippen molar-refractivity contribution in [3.63, 3.8) is 0 Å². The van der Waals surface area contributed by atoms with E-state index >= 15 is 0 Å². The first-order valence-corrected chi connectivity index (χ1v) is 8.29. The van der Waals surface area contributed by atoms with E-state index in [0.717, 1.165) is 19.5 Å². The van der Waals surface area contributed by atoms with Crippen molar-refractivity contribution in [1.82, 2.24) is 4.90 Å². The van der Waals surface area contributed by atoms with Crippen LogP contribution in [0.4, 0.5) is 0 Å². The lowest BCUT2D eigenvalue weighted by Gasteiger charge is -2.32. The van der Waals surface area contributed by atoms with Crippen LogP contribution in [0.5, 0.6) is 0 Å². The van der Waals surface area contributed by atoms with E-state index < -0.39 is 0 Å². The second-order valence-corrected chi connectivity index (χ2v) is 5.42. The molecule has 2 rings (SSSR count). The average Bonchev–Trinajstić information content (AvgIpc) is 2.60. The van der Waals surface area contributed by atoms with E-state index in [9.17, 15) is 0 Å². The van der Waals surface area contributed by atoms with Gasteiger partial charge in [-0.05, 0) is 30.6 Å². The van der Waals surface area contributed by atoms with Crippen LogP contribution in [0.1, 0.15) is 44.4 Å². The van der Waals surface area contributed by atoms with Crippen LogP contribution in [-0.4, -0.2) is 24.2 Å². The summed E-state index contributed by atoms with van der Waals surface area (Å²) in [4.78, 5) is 2.37. The molecule has 2 aromatic carbocycles. The molecule has 1 unspecified atom stereocenters. The van der Waals surface area contributed by atoms with E-state index in [0.29, 0.717) is 0 Å². The van der Waals surface area contributed by atoms with Crippen molar-refractivity contribution < 1.29 is 4.74 Å². The van der Waals surface area contributed by atoms with Crippen molar-refractivity contribution in [2.45, 2.75) is 39.5 Å². The average molecular weight is 334 g/mol. The molecule has 0 aromatic heterocycles. The summed E-state index contributed by atoms with van der Waals surface area (Å²) in [5.74, 6) is 0. The molecule has 0 spiro atoms. The summed E-state index contributed by atoms with van der Waals surface area (Å²) in [5, 5.41) is 0. The lowest BCUT2D eigenvalue weighted by Crippen LogP contribution is -2.37. The van der Waals surface area contributed by atoms with Gasteiger partial charge < -0.3 is 4.74 Å². The van der Waals surface area contributed by atoms with Crippen LogP contribution in [0.3, 0.4) is 0 Å². The molecular formula is C20H28ClNO. The van der Waals surface area contributed by atoms with Crippen molar-refractivity contribution in [3.8, 4) is 0 Å². The van der Waals surface area contributed by atoms with Crippen molar-refractivity contribution in [3.05, 3.63) is 71.8 Å². The van der Waals surface area contributed by atoms with Crippen LogP contribution in [0.2, 0.25) is 0 Å². The van der Waals surface area contributed by atoms with E-state index in [-0.39, 0.29) is 24.7 Å². The maximum absolute atomic E-state index is 6.54. The number of hydrogen-bond donors (Lipinski definition) is 0. The van der Waals surface area contributed by atoms with Gasteiger partial charge in [0.15, 0.2) is 0 Å². The monoisotopic (exact) mass is 333 g/mol. The summed E-state index contributed by atoms with van der Waals surface area (Å²) in [5.41, 5.74) is 2.42. The zero-order valence-electron chi connectivity index (χ0n) is 14.3. The Balaban J connectivity index is 0.00000264. The van der Waals surface area contributed by atoms with Gasteiger partial charge in [-0.25, -0.2) is 0 Å². The molecule has 0 heterocycles. The number of benzene rings is 2. The van der Waals surface area contributed by atoms with E-state index in [4.69, 9.17) is 4.74 Å². The summed E-state index contributed by atoms with van der Waals surface area (Å²) in [7, 11) is 0. The highest BCUT2D eigenvalue weighted by molar-refractivity contribution is 5.85. The predicted molar refractivity (Wildman–Crippen MR) is 100 cm³/mol. The van der Waals surface area contributed by atoms with Gasteiger partial charge in [0.25, 0.3) is 0 Å². The molecule has 0 amide bonds. The Morgan fingerprint density at radius 2 is 1.22 bits per heavy atom. The molecule has 0 fully saturated rings. The molecule has 0 radical (unpaired) electrons. The Morgan fingerprint density at radius 3 is 1.57 bits per heavy atom. The lowest BCUT2D eigenvalue weighted by atomic mass is 10.0. The third-order valence-corrected chi connectivity index (χ3v) is 4.07. The van der Waals surface area contributed by atoms with E-state index in [2.05, 4.69) is 74.2 Å². The molecule has 0 saturated carbocycles. The fourth-order valence-electron chi connectivity index (χ4n) is 2.83. The van der Waals surface area contributed by atoms with Crippen molar-refractivity contribution >= 4 is 12.4 Å². The molecule has 0 N–H and O–H groups in total. The highest BCUT2D eigenvalue weighted by atomic mass is 35.5. The minimum Gasteiger partial charge on any atom is -0.351 e. The molecular weight excluding hydrogens is 306 g/mol. The maximum Gasteiger partial charge on any atom is 0.111 e. The summed E-state index contributed by atoms with van der Waals surface area (Å²) in [6, 6.07) is 21.0. The molecule has 126 valence electrons. The zero-order valence-corrected chi connectivity index (χ0v) is 15.1. The lowest BCUT2D eigenvalue weighted by molar-refractivity contribution is -0.0864. The third-order valence-electron chi connectivity index (χ3n) is 4.07. The Hall–Kier alpha value is -1.35. The number of rotatable bonds is 8. The largest absolute Gasteiger partial charge is 0.351 e. The van der Waals surface area contributed by atoms with Crippen LogP contribution in [0.15, 0.2) is 60.7 Å². The van der Waals surface area contributed by atoms with Gasteiger partial charge in [-0.1, -0.05) is 81.4 Å². The molecule has 0 aliphatic carbocycles. The zero-order chi connectivity index (χ0) is 15.8. The Bertz CT molecular complexity index is 488. The topological polar surface area (TPSA) is 12.5 Å². The van der Waals surface area contributed by atoms with Crippen LogP contribution in [-0.2, 0) is 4.74 Å². The van der Waals surface area contributed by atoms with Gasteiger partial charge in [0.1, 0.15) is 12.3 Å². The molecule has 3 heteroatoms. The second kappa shape index (κ2) is 10.4. The Kier molecular flexibility index (Phi) is 8.93. The number of nitrogens with zero attached hydrogens (tertiary/aromatic N) is 1. The number of halogens is 1. The highest BCUT2D eigenvalue weighted by Crippen LogP contribution is 2.28. The molecule has 23 heavy (non-hydrogen) atoms. The van der Waals surface area contributed by atoms with Crippen LogP contribution >= 0.6 is 12.4 Å². The van der Waals surface area contributed by atoms with Gasteiger partial charge in [-0.3, -0.25) is 4.90 Å². The van der Waals surface area contributed by atoms with Crippen molar-refractivity contribution in [2.75, 3.05) is 13.1 Å². The fourth-order valence-corrected chi connectivity index (χ4v) is 2.83. The summed E-state index contributed by atoms with van der Waals surface area (Å²) < 4.78 is 6.54. The minimum absolute atomic E-state index is 0. The van der Waals surface area contributed by atoms with Crippen LogP contribution in [0, 0.1) is 0 Å². The molecule has 0 aliphatic rings. The van der Waals surface area contributed by atoms with E-state index in [1.165, 1.54) is 11.1 Å². The van der Waals surface area contributed by atoms with E-state index in [1.807, 2.05) is 12.1 Å². The highest BCUT2D eigenvalue weighted by Gasteiger charge is 2.22. The quantitative estimate of drug-likeness (QED) is 0.608. The SMILES string of the molecule is CCC(OC(c1ccccc1)c1ccccc1)N(CC)CC.Cl. The normalized spacial score (nSPS) is 12.2. The number of hydrogen-bond acceptors (Lipinski definition) is 2. The predicted octanol–water partition coefficient (Wildman–Crippen LogP) is 5.29. The Labute approximate surface area is 146 Å². The summed E-state index contributed by atoms with van der Waals surface area (Å²) >= 11 is 0. The van der Waals surface area contributed by atoms with Gasteiger partial charge >= 0.3 is 0 Å². The third kappa shape index (κ3) is 5.35. The molecule has 2 nitrogen and oxygen atoms in total. The first-order valence-electron chi connectivity index (χ1n) is 8.29. The van der Waals surface area contributed by atoms with E-state index in [1.54, 1.807) is 0 Å². The van der Waals surface area contributed by atoms with Crippen molar-refractivity contribution in [1.29, 1.82) is 0 Å². The summed E-state index contributed by atoms with van der Waals surface area (Å²) in [6.07, 6.45) is 1.10. The minimum atomic E-state index is -0.0204. The number of ether oxygens (including phenoxy) is 1. The molecule has 2 aromatic rings. The molecule has 0 saturated heterocycles. The van der Waals surface area contributed by atoms with Gasteiger partial charge in [0.05, 0.1) is 0 Å². The molecule has 0 aliphatic heterocycles. The van der Waals surface area contributed by atoms with Gasteiger partial charge in [-0.15, -0.1) is 12.4 Å². The first kappa shape index (κ1) is 19.7. The summed E-state index contributed by atoms with van der Waals surface area (Å²) in [6.45, 7) is 8.58. The Morgan fingerprint density at radius 1 is 0.783 bits per heavy atom.